The molecule has 0 bridgehead atoms. The zero-order valence-corrected chi connectivity index (χ0v) is 12.7. The normalized spacial score (nSPS) is 10.4. The van der Waals surface area contributed by atoms with Gasteiger partial charge in [-0.3, -0.25) is 0 Å². The van der Waals surface area contributed by atoms with Crippen LogP contribution in [0.15, 0.2) is 39.5 Å². The summed E-state index contributed by atoms with van der Waals surface area (Å²) in [6, 6.07) is 7.62. The second-order valence-corrected chi connectivity index (χ2v) is 5.04. The molecule has 0 amide bonds. The summed E-state index contributed by atoms with van der Waals surface area (Å²) in [5, 5.41) is 4.19. The first-order valence-corrected chi connectivity index (χ1v) is 6.89. The summed E-state index contributed by atoms with van der Waals surface area (Å²) in [6.07, 6.45) is 1.49. The molecule has 0 aliphatic heterocycles. The molecule has 4 nitrogen and oxygen atoms in total. The van der Waals surface area contributed by atoms with Crippen molar-refractivity contribution in [1.29, 1.82) is 0 Å². The van der Waals surface area contributed by atoms with Crippen molar-refractivity contribution in [1.82, 2.24) is 9.78 Å². The molecule has 0 radical (unpaired) electrons. The fourth-order valence-corrected chi connectivity index (χ4v) is 2.47. The van der Waals surface area contributed by atoms with Crippen molar-refractivity contribution in [2.24, 2.45) is 0 Å². The van der Waals surface area contributed by atoms with Gasteiger partial charge in [0, 0.05) is 4.47 Å². The number of para-hydroxylation sites is 1. The highest BCUT2D eigenvalue weighted by atomic mass is 79.9. The van der Waals surface area contributed by atoms with E-state index in [1.807, 2.05) is 24.3 Å². The third kappa shape index (κ3) is 2.49. The topological polar surface area (TPSA) is 44.1 Å². The Morgan fingerprint density at radius 3 is 2.78 bits per heavy atom. The quantitative estimate of drug-likeness (QED) is 0.772. The number of rotatable bonds is 3. The Hall–Kier alpha value is -1.14. The van der Waals surface area contributed by atoms with Crippen LogP contribution in [0.3, 0.4) is 0 Å². The Bertz CT molecular complexity index is 581. The molecule has 0 atom stereocenters. The minimum Gasteiger partial charge on any atom is -0.462 e. The first-order valence-electron chi connectivity index (χ1n) is 5.30. The Morgan fingerprint density at radius 2 is 2.11 bits per heavy atom. The van der Waals surface area contributed by atoms with E-state index in [0.717, 1.165) is 10.2 Å². The molecule has 2 aromatic rings. The van der Waals surface area contributed by atoms with Crippen LogP contribution < -0.4 is 0 Å². The number of esters is 1. The molecule has 1 aromatic heterocycles. The number of benzene rings is 1. The van der Waals surface area contributed by atoms with E-state index >= 15 is 0 Å². The third-order valence-electron chi connectivity index (χ3n) is 2.29. The maximum absolute atomic E-state index is 11.7. The predicted molar refractivity (Wildman–Crippen MR) is 74.9 cm³/mol. The highest BCUT2D eigenvalue weighted by Crippen LogP contribution is 2.26. The Morgan fingerprint density at radius 1 is 1.39 bits per heavy atom. The Labute approximate surface area is 121 Å². The smallest absolute Gasteiger partial charge is 0.342 e. The highest BCUT2D eigenvalue weighted by molar-refractivity contribution is 9.11. The van der Waals surface area contributed by atoms with Crippen molar-refractivity contribution in [3.8, 4) is 5.69 Å². The van der Waals surface area contributed by atoms with Crippen LogP contribution in [0.4, 0.5) is 0 Å². The molecule has 0 unspecified atom stereocenters. The van der Waals surface area contributed by atoms with Crippen molar-refractivity contribution in [3.05, 3.63) is 45.1 Å². The Balaban J connectivity index is 2.43. The fraction of sp³-hybridized carbons (Fsp3) is 0.167. The summed E-state index contributed by atoms with van der Waals surface area (Å²) < 4.78 is 8.06. The molecule has 0 saturated heterocycles. The number of carbonyl (C=O) groups excluding carboxylic acids is 1. The molecule has 0 saturated carbocycles. The van der Waals surface area contributed by atoms with Gasteiger partial charge >= 0.3 is 5.97 Å². The second-order valence-electron chi connectivity index (χ2n) is 3.43. The summed E-state index contributed by atoms with van der Waals surface area (Å²) in [5.41, 5.74) is 1.26. The molecular formula is C12H10Br2N2O2. The monoisotopic (exact) mass is 372 g/mol. The molecule has 6 heteroatoms. The van der Waals surface area contributed by atoms with Gasteiger partial charge in [0.05, 0.1) is 18.5 Å². The van der Waals surface area contributed by atoms with Crippen LogP contribution >= 0.6 is 31.9 Å². The molecular weight excluding hydrogens is 364 g/mol. The van der Waals surface area contributed by atoms with Crippen LogP contribution in [-0.4, -0.2) is 22.4 Å². The van der Waals surface area contributed by atoms with Gasteiger partial charge < -0.3 is 4.74 Å². The summed E-state index contributed by atoms with van der Waals surface area (Å²) in [5.74, 6) is -0.386. The van der Waals surface area contributed by atoms with Crippen LogP contribution in [0.2, 0.25) is 0 Å². The number of hydrogen-bond donors (Lipinski definition) is 0. The fourth-order valence-electron chi connectivity index (χ4n) is 1.47. The van der Waals surface area contributed by atoms with Crippen molar-refractivity contribution in [2.75, 3.05) is 6.61 Å². The van der Waals surface area contributed by atoms with E-state index in [0.29, 0.717) is 16.8 Å². The van der Waals surface area contributed by atoms with Crippen molar-refractivity contribution in [3.63, 3.8) is 0 Å². The zero-order chi connectivity index (χ0) is 13.1. The van der Waals surface area contributed by atoms with Gasteiger partial charge in [0.15, 0.2) is 0 Å². The molecule has 94 valence electrons. The summed E-state index contributed by atoms with van der Waals surface area (Å²) >= 11 is 6.82. The highest BCUT2D eigenvalue weighted by Gasteiger charge is 2.18. The third-order valence-corrected chi connectivity index (χ3v) is 3.72. The van der Waals surface area contributed by atoms with Crippen molar-refractivity contribution >= 4 is 37.8 Å². The lowest BCUT2D eigenvalue weighted by Crippen LogP contribution is -2.05. The average molecular weight is 374 g/mol. The van der Waals surface area contributed by atoms with E-state index in [9.17, 15) is 4.79 Å². The molecule has 18 heavy (non-hydrogen) atoms. The van der Waals surface area contributed by atoms with Crippen molar-refractivity contribution < 1.29 is 9.53 Å². The van der Waals surface area contributed by atoms with Gasteiger partial charge in [-0.1, -0.05) is 12.1 Å². The lowest BCUT2D eigenvalue weighted by atomic mass is 10.3. The van der Waals surface area contributed by atoms with E-state index in [-0.39, 0.29) is 5.97 Å². The minimum absolute atomic E-state index is 0.339. The van der Waals surface area contributed by atoms with E-state index in [1.165, 1.54) is 6.20 Å². The minimum atomic E-state index is -0.386. The average Bonchev–Trinajstić information content (AvgIpc) is 2.72. The summed E-state index contributed by atoms with van der Waals surface area (Å²) in [7, 11) is 0. The predicted octanol–water partition coefficient (Wildman–Crippen LogP) is 3.57. The number of halogens is 2. The second kappa shape index (κ2) is 5.67. The van der Waals surface area contributed by atoms with Crippen molar-refractivity contribution in [2.45, 2.75) is 6.92 Å². The Kier molecular flexibility index (Phi) is 4.19. The van der Waals surface area contributed by atoms with Crippen LogP contribution in [0, 0.1) is 0 Å². The zero-order valence-electron chi connectivity index (χ0n) is 9.56. The van der Waals surface area contributed by atoms with Gasteiger partial charge in [-0.15, -0.1) is 0 Å². The van der Waals surface area contributed by atoms with Crippen LogP contribution in [0.5, 0.6) is 0 Å². The first kappa shape index (κ1) is 13.3. The maximum Gasteiger partial charge on any atom is 0.342 e. The van der Waals surface area contributed by atoms with Gasteiger partial charge in [-0.05, 0) is 50.9 Å². The van der Waals surface area contributed by atoms with Gasteiger partial charge in [-0.2, -0.15) is 5.10 Å². The number of aromatic nitrogens is 2. The molecule has 0 N–H and O–H groups in total. The number of ether oxygens (including phenoxy) is 1. The number of nitrogens with zero attached hydrogens (tertiary/aromatic N) is 2. The molecule has 1 aromatic carbocycles. The first-order chi connectivity index (χ1) is 8.65. The van der Waals surface area contributed by atoms with E-state index in [2.05, 4.69) is 37.0 Å². The van der Waals surface area contributed by atoms with Crippen LogP contribution in [-0.2, 0) is 4.74 Å². The number of carbonyl (C=O) groups is 1. The van der Waals surface area contributed by atoms with E-state index in [4.69, 9.17) is 4.74 Å². The van der Waals surface area contributed by atoms with Gasteiger partial charge in [-0.25, -0.2) is 9.48 Å². The largest absolute Gasteiger partial charge is 0.462 e. The van der Waals surface area contributed by atoms with E-state index in [1.54, 1.807) is 11.6 Å². The molecule has 0 aliphatic rings. The molecule has 0 spiro atoms. The molecule has 1 heterocycles. The summed E-state index contributed by atoms with van der Waals surface area (Å²) in [6.45, 7) is 2.11. The molecule has 0 fully saturated rings. The van der Waals surface area contributed by atoms with E-state index < -0.39 is 0 Å². The maximum atomic E-state index is 11.7. The lowest BCUT2D eigenvalue weighted by Gasteiger charge is -2.06. The summed E-state index contributed by atoms with van der Waals surface area (Å²) in [4.78, 5) is 11.7. The molecule has 0 aliphatic carbocycles. The van der Waals surface area contributed by atoms with Crippen LogP contribution in [0.1, 0.15) is 17.3 Å². The molecule has 2 rings (SSSR count). The number of hydrogen-bond acceptors (Lipinski definition) is 3. The lowest BCUT2D eigenvalue weighted by molar-refractivity contribution is 0.0525. The van der Waals surface area contributed by atoms with Gasteiger partial charge in [0.2, 0.25) is 0 Å². The standard InChI is InChI=1S/C12H10Br2N2O2/c1-2-18-12(17)8-7-15-16(11(8)14)10-6-4-3-5-9(10)13/h3-7H,2H2,1H3. The van der Waals surface area contributed by atoms with Gasteiger partial charge in [0.25, 0.3) is 0 Å². The van der Waals surface area contributed by atoms with Gasteiger partial charge in [0.1, 0.15) is 10.2 Å². The van der Waals surface area contributed by atoms with Crippen LogP contribution in [0.25, 0.3) is 5.69 Å². The SMILES string of the molecule is CCOC(=O)c1cnn(-c2ccccc2Br)c1Br.